The molecule has 0 fully saturated rings. The van der Waals surface area contributed by atoms with Crippen molar-refractivity contribution in [3.05, 3.63) is 65.4 Å². The fourth-order valence-electron chi connectivity index (χ4n) is 3.57. The number of carbonyl (C=O) groups excluding carboxylic acids is 1. The van der Waals surface area contributed by atoms with Crippen LogP contribution in [0.2, 0.25) is 0 Å². The third-order valence-corrected chi connectivity index (χ3v) is 5.60. The number of rotatable bonds is 6. The number of phosphoric ester groups is 1. The summed E-state index contributed by atoms with van der Waals surface area (Å²) in [6, 6.07) is 15.3. The molecular weight excluding hydrogens is 457 g/mol. The Morgan fingerprint density at radius 1 is 1.26 bits per heavy atom. The molecule has 10 heteroatoms. The number of ether oxygens (including phenoxy) is 1. The standard InChI is InChI=1S/C24H24N3O6P/c1-17(28)25-20-11-10-19-15-27-21(16-32-24(19)13-20)14-23(26-27)22-9-5-4-8-18(22)7-3-2-6-12-33-34(29,30)31/h4-5,8-11,13-14H,2,6,12,15-16H2,1H3,(H,25,28)(H2,29,30,31). The van der Waals surface area contributed by atoms with Crippen LogP contribution >= 0.6 is 7.82 Å². The van der Waals surface area contributed by atoms with Gasteiger partial charge in [0.15, 0.2) is 0 Å². The van der Waals surface area contributed by atoms with Crippen LogP contribution in [0.15, 0.2) is 48.5 Å². The maximum Gasteiger partial charge on any atom is 0.469 e. The molecule has 0 aliphatic carbocycles. The van der Waals surface area contributed by atoms with Crippen molar-refractivity contribution in [2.45, 2.75) is 32.9 Å². The number of unbranched alkanes of at least 4 members (excludes halogenated alkanes) is 1. The molecule has 0 radical (unpaired) electrons. The third-order valence-electron chi connectivity index (χ3n) is 5.08. The van der Waals surface area contributed by atoms with E-state index in [1.165, 1.54) is 6.92 Å². The van der Waals surface area contributed by atoms with Crippen molar-refractivity contribution in [2.24, 2.45) is 0 Å². The third kappa shape index (κ3) is 6.13. The van der Waals surface area contributed by atoms with E-state index >= 15 is 0 Å². The number of aromatic nitrogens is 2. The normalized spacial score (nSPS) is 12.4. The number of nitrogens with one attached hydrogen (secondary N) is 1. The minimum Gasteiger partial charge on any atom is -0.487 e. The first-order chi connectivity index (χ1) is 16.3. The van der Waals surface area contributed by atoms with Crippen LogP contribution in [0.3, 0.4) is 0 Å². The van der Waals surface area contributed by atoms with E-state index in [2.05, 4.69) is 21.7 Å². The molecule has 0 saturated carbocycles. The van der Waals surface area contributed by atoms with Crippen LogP contribution in [0.25, 0.3) is 11.3 Å². The number of carbonyl (C=O) groups is 1. The van der Waals surface area contributed by atoms with Gasteiger partial charge in [0, 0.05) is 41.8 Å². The van der Waals surface area contributed by atoms with Crippen LogP contribution in [0, 0.1) is 11.8 Å². The van der Waals surface area contributed by atoms with Crippen molar-refractivity contribution < 1.29 is 28.4 Å². The van der Waals surface area contributed by atoms with Gasteiger partial charge in [0.05, 0.1) is 24.5 Å². The highest BCUT2D eigenvalue weighted by atomic mass is 31.2. The van der Waals surface area contributed by atoms with Crippen molar-refractivity contribution in [2.75, 3.05) is 11.9 Å². The Kier molecular flexibility index (Phi) is 7.15. The largest absolute Gasteiger partial charge is 0.487 e. The molecule has 2 heterocycles. The Labute approximate surface area is 197 Å². The summed E-state index contributed by atoms with van der Waals surface area (Å²) in [5.74, 6) is 6.73. The number of benzene rings is 2. The molecule has 0 spiro atoms. The molecule has 3 N–H and O–H groups in total. The molecule has 0 saturated heterocycles. The first-order valence-electron chi connectivity index (χ1n) is 10.7. The highest BCUT2D eigenvalue weighted by Gasteiger charge is 2.18. The maximum atomic E-state index is 11.3. The topological polar surface area (TPSA) is 123 Å². The van der Waals surface area contributed by atoms with E-state index in [1.807, 2.05) is 53.2 Å². The Morgan fingerprint density at radius 2 is 2.09 bits per heavy atom. The summed E-state index contributed by atoms with van der Waals surface area (Å²) in [7, 11) is -4.44. The minimum atomic E-state index is -4.44. The molecule has 4 rings (SSSR count). The van der Waals surface area contributed by atoms with Crippen LogP contribution in [-0.4, -0.2) is 32.1 Å². The lowest BCUT2D eigenvalue weighted by Crippen LogP contribution is -2.06. The summed E-state index contributed by atoms with van der Waals surface area (Å²) in [5.41, 5.74) is 5.06. The Hall–Kier alpha value is -3.41. The van der Waals surface area contributed by atoms with Gasteiger partial charge in [-0.3, -0.25) is 14.0 Å². The summed E-state index contributed by atoms with van der Waals surface area (Å²) in [6.45, 7) is 2.30. The molecule has 0 atom stereocenters. The van der Waals surface area contributed by atoms with Crippen molar-refractivity contribution >= 4 is 19.4 Å². The Balaban J connectivity index is 1.50. The van der Waals surface area contributed by atoms with E-state index in [0.29, 0.717) is 37.4 Å². The van der Waals surface area contributed by atoms with Crippen molar-refractivity contribution in [3.8, 4) is 28.8 Å². The molecule has 1 aliphatic rings. The molecule has 1 amide bonds. The number of nitrogens with zero attached hydrogens (tertiary/aromatic N) is 2. The number of fused-ring (bicyclic) bond motifs is 2. The van der Waals surface area contributed by atoms with E-state index in [4.69, 9.17) is 19.6 Å². The summed E-state index contributed by atoms with van der Waals surface area (Å²) in [6.07, 6.45) is 0.860. The van der Waals surface area contributed by atoms with Gasteiger partial charge in [0.25, 0.3) is 0 Å². The SMILES string of the molecule is CC(=O)Nc1ccc2c(c1)OCc1cc(-c3ccccc3C#CCCCOP(=O)(O)O)nn1C2. The second-order valence-corrected chi connectivity index (χ2v) is 8.98. The highest BCUT2D eigenvalue weighted by molar-refractivity contribution is 7.46. The van der Waals surface area contributed by atoms with Gasteiger partial charge in [-0.15, -0.1) is 0 Å². The molecule has 2 aromatic carbocycles. The molecule has 176 valence electrons. The molecule has 0 unspecified atom stereocenters. The van der Waals surface area contributed by atoms with E-state index in [-0.39, 0.29) is 12.5 Å². The second kappa shape index (κ2) is 10.2. The molecular formula is C24H24N3O6P. The molecule has 1 aliphatic heterocycles. The average molecular weight is 481 g/mol. The summed E-state index contributed by atoms with van der Waals surface area (Å²) in [5, 5.41) is 7.55. The van der Waals surface area contributed by atoms with E-state index in [9.17, 15) is 9.36 Å². The number of phosphoric acid groups is 1. The average Bonchev–Trinajstić information content (AvgIpc) is 3.09. The van der Waals surface area contributed by atoms with Crippen LogP contribution < -0.4 is 10.1 Å². The molecule has 9 nitrogen and oxygen atoms in total. The Morgan fingerprint density at radius 3 is 2.88 bits per heavy atom. The number of hydrogen-bond donors (Lipinski definition) is 3. The lowest BCUT2D eigenvalue weighted by atomic mass is 10.0. The molecule has 1 aromatic heterocycles. The van der Waals surface area contributed by atoms with Crippen molar-refractivity contribution in [1.29, 1.82) is 0 Å². The number of anilines is 1. The fourth-order valence-corrected chi connectivity index (χ4v) is 3.94. The van der Waals surface area contributed by atoms with Crippen LogP contribution in [-0.2, 0) is 27.0 Å². The first kappa shape index (κ1) is 23.7. The maximum absolute atomic E-state index is 11.3. The first-order valence-corrected chi connectivity index (χ1v) is 12.2. The molecule has 3 aromatic rings. The van der Waals surface area contributed by atoms with Crippen LogP contribution in [0.1, 0.15) is 36.6 Å². The van der Waals surface area contributed by atoms with Gasteiger partial charge in [0.2, 0.25) is 5.91 Å². The lowest BCUT2D eigenvalue weighted by molar-refractivity contribution is -0.114. The van der Waals surface area contributed by atoms with Crippen LogP contribution in [0.4, 0.5) is 5.69 Å². The predicted molar refractivity (Wildman–Crippen MR) is 126 cm³/mol. The summed E-state index contributed by atoms with van der Waals surface area (Å²) < 4.78 is 23.1. The molecule has 34 heavy (non-hydrogen) atoms. The van der Waals surface area contributed by atoms with E-state index in [0.717, 1.165) is 28.1 Å². The zero-order chi connectivity index (χ0) is 24.1. The number of hydrogen-bond acceptors (Lipinski definition) is 5. The van der Waals surface area contributed by atoms with Gasteiger partial charge in [0.1, 0.15) is 12.4 Å². The van der Waals surface area contributed by atoms with Gasteiger partial charge >= 0.3 is 7.82 Å². The van der Waals surface area contributed by atoms with Crippen LogP contribution in [0.5, 0.6) is 5.75 Å². The van der Waals surface area contributed by atoms with Gasteiger partial charge in [-0.25, -0.2) is 4.57 Å². The zero-order valence-electron chi connectivity index (χ0n) is 18.5. The quantitative estimate of drug-likeness (QED) is 0.279. The zero-order valence-corrected chi connectivity index (χ0v) is 19.4. The van der Waals surface area contributed by atoms with Gasteiger partial charge in [-0.2, -0.15) is 5.10 Å². The van der Waals surface area contributed by atoms with Gasteiger partial charge < -0.3 is 19.8 Å². The van der Waals surface area contributed by atoms with E-state index < -0.39 is 7.82 Å². The van der Waals surface area contributed by atoms with Gasteiger partial charge in [-0.1, -0.05) is 36.1 Å². The summed E-state index contributed by atoms with van der Waals surface area (Å²) in [4.78, 5) is 28.8. The van der Waals surface area contributed by atoms with Crippen molar-refractivity contribution in [3.63, 3.8) is 0 Å². The van der Waals surface area contributed by atoms with Crippen molar-refractivity contribution in [1.82, 2.24) is 9.78 Å². The Bertz CT molecular complexity index is 1320. The predicted octanol–water partition coefficient (Wildman–Crippen LogP) is 3.69. The lowest BCUT2D eigenvalue weighted by Gasteiger charge is -2.09. The smallest absolute Gasteiger partial charge is 0.469 e. The monoisotopic (exact) mass is 481 g/mol. The van der Waals surface area contributed by atoms with E-state index in [1.54, 1.807) is 0 Å². The minimum absolute atomic E-state index is 0.0534. The molecule has 0 bridgehead atoms. The fraction of sp³-hybridized carbons (Fsp3) is 0.250. The second-order valence-electron chi connectivity index (χ2n) is 7.75. The number of amides is 1. The summed E-state index contributed by atoms with van der Waals surface area (Å²) >= 11 is 0. The van der Waals surface area contributed by atoms with Gasteiger partial charge in [-0.05, 0) is 24.6 Å². The highest BCUT2D eigenvalue weighted by Crippen LogP contribution is 2.35.